The highest BCUT2D eigenvalue weighted by Crippen LogP contribution is 2.28. The molecule has 0 spiro atoms. The number of aliphatic imine (C=N–C) groups is 1. The highest BCUT2D eigenvalue weighted by Gasteiger charge is 2.30. The molecule has 2 aliphatic rings. The lowest BCUT2D eigenvalue weighted by molar-refractivity contribution is 0.0190. The van der Waals surface area contributed by atoms with Gasteiger partial charge in [-0.05, 0) is 24.7 Å². The van der Waals surface area contributed by atoms with Crippen LogP contribution in [0.5, 0.6) is 0 Å². The monoisotopic (exact) mass is 283 g/mol. The van der Waals surface area contributed by atoms with Crippen molar-refractivity contribution >= 4 is 5.96 Å². The van der Waals surface area contributed by atoms with Crippen molar-refractivity contribution in [3.63, 3.8) is 0 Å². The number of hydrogen-bond acceptors (Lipinski definition) is 3. The van der Waals surface area contributed by atoms with E-state index in [0.29, 0.717) is 18.1 Å². The number of guanidine groups is 1. The van der Waals surface area contributed by atoms with Gasteiger partial charge in [-0.15, -0.1) is 0 Å². The van der Waals surface area contributed by atoms with Gasteiger partial charge in [0.25, 0.3) is 0 Å². The van der Waals surface area contributed by atoms with Crippen LogP contribution >= 0.6 is 0 Å². The summed E-state index contributed by atoms with van der Waals surface area (Å²) >= 11 is 0. The Balaban J connectivity index is 1.59. The van der Waals surface area contributed by atoms with Gasteiger partial charge in [-0.1, -0.05) is 13.8 Å². The second-order valence-corrected chi connectivity index (χ2v) is 6.52. The van der Waals surface area contributed by atoms with Gasteiger partial charge >= 0.3 is 0 Å². The fourth-order valence-corrected chi connectivity index (χ4v) is 2.85. The third-order valence-corrected chi connectivity index (χ3v) is 4.05. The van der Waals surface area contributed by atoms with Gasteiger partial charge < -0.3 is 19.7 Å². The lowest BCUT2D eigenvalue weighted by atomic mass is 9.93. The van der Waals surface area contributed by atoms with Crippen molar-refractivity contribution in [3.8, 4) is 0 Å². The first kappa shape index (κ1) is 15.6. The number of hydrogen-bond donors (Lipinski definition) is 1. The Hall–Kier alpha value is -0.810. The van der Waals surface area contributed by atoms with Gasteiger partial charge in [0.15, 0.2) is 5.96 Å². The maximum Gasteiger partial charge on any atom is 0.193 e. The smallest absolute Gasteiger partial charge is 0.193 e. The van der Waals surface area contributed by atoms with Crippen molar-refractivity contribution in [2.75, 3.05) is 46.5 Å². The van der Waals surface area contributed by atoms with Crippen LogP contribution in [0.25, 0.3) is 0 Å². The van der Waals surface area contributed by atoms with Gasteiger partial charge in [0.1, 0.15) is 0 Å². The molecule has 0 aliphatic carbocycles. The molecular formula is C15H29N3O2. The fraction of sp³-hybridized carbons (Fsp3) is 0.933. The van der Waals surface area contributed by atoms with E-state index in [4.69, 9.17) is 9.47 Å². The van der Waals surface area contributed by atoms with E-state index in [9.17, 15) is 0 Å². The largest absolute Gasteiger partial charge is 0.377 e. The maximum absolute atomic E-state index is 5.66. The summed E-state index contributed by atoms with van der Waals surface area (Å²) in [5.41, 5.74) is 0.397. The summed E-state index contributed by atoms with van der Waals surface area (Å²) in [5.74, 6) is 0.997. The van der Waals surface area contributed by atoms with Crippen LogP contribution in [0.1, 0.15) is 33.1 Å². The predicted octanol–water partition coefficient (Wildman–Crippen LogP) is 1.49. The van der Waals surface area contributed by atoms with Gasteiger partial charge in [-0.25, -0.2) is 0 Å². The fourth-order valence-electron chi connectivity index (χ4n) is 2.85. The summed E-state index contributed by atoms with van der Waals surface area (Å²) in [6.45, 7) is 9.90. The minimum absolute atomic E-state index is 0.314. The molecule has 0 bridgehead atoms. The van der Waals surface area contributed by atoms with Crippen molar-refractivity contribution < 1.29 is 9.47 Å². The number of nitrogens with zero attached hydrogens (tertiary/aromatic N) is 2. The van der Waals surface area contributed by atoms with Crippen LogP contribution < -0.4 is 5.32 Å². The molecule has 0 radical (unpaired) electrons. The van der Waals surface area contributed by atoms with Crippen molar-refractivity contribution in [2.45, 2.75) is 39.2 Å². The SMILES string of the molecule is CN=C(NCCOCC1CCCO1)N1CCC(C)(C)C1. The summed E-state index contributed by atoms with van der Waals surface area (Å²) < 4.78 is 11.2. The van der Waals surface area contributed by atoms with Crippen LogP contribution in [0.4, 0.5) is 0 Å². The highest BCUT2D eigenvalue weighted by atomic mass is 16.5. The molecule has 0 amide bonds. The molecule has 2 saturated heterocycles. The number of rotatable bonds is 5. The molecule has 5 heteroatoms. The standard InChI is InChI=1S/C15H29N3O2/c1-15(2)6-8-18(12-15)14(16-3)17-7-10-19-11-13-5-4-9-20-13/h13H,4-12H2,1-3H3,(H,16,17). The van der Waals surface area contributed by atoms with E-state index in [1.807, 2.05) is 7.05 Å². The molecule has 116 valence electrons. The molecule has 0 aromatic heterocycles. The summed E-state index contributed by atoms with van der Waals surface area (Å²) in [6, 6.07) is 0. The van der Waals surface area contributed by atoms with Crippen LogP contribution in [0, 0.1) is 5.41 Å². The average Bonchev–Trinajstić information content (AvgIpc) is 3.03. The van der Waals surface area contributed by atoms with Crippen molar-refractivity contribution in [3.05, 3.63) is 0 Å². The Labute approximate surface area is 122 Å². The van der Waals surface area contributed by atoms with E-state index in [-0.39, 0.29) is 0 Å². The Morgan fingerprint density at radius 2 is 2.35 bits per heavy atom. The van der Waals surface area contributed by atoms with Crippen LogP contribution in [0.3, 0.4) is 0 Å². The molecular weight excluding hydrogens is 254 g/mol. The van der Waals surface area contributed by atoms with Crippen LogP contribution in [-0.2, 0) is 9.47 Å². The zero-order valence-corrected chi connectivity index (χ0v) is 13.2. The van der Waals surface area contributed by atoms with E-state index in [1.165, 1.54) is 12.8 Å². The van der Waals surface area contributed by atoms with Crippen molar-refractivity contribution in [1.29, 1.82) is 0 Å². The third kappa shape index (κ3) is 4.63. The Kier molecular flexibility index (Phi) is 5.66. The number of nitrogens with one attached hydrogen (secondary N) is 1. The highest BCUT2D eigenvalue weighted by molar-refractivity contribution is 5.80. The average molecular weight is 283 g/mol. The first-order chi connectivity index (χ1) is 9.61. The van der Waals surface area contributed by atoms with E-state index in [1.54, 1.807) is 0 Å². The van der Waals surface area contributed by atoms with Crippen molar-refractivity contribution in [2.24, 2.45) is 10.4 Å². The topological polar surface area (TPSA) is 46.1 Å². The number of ether oxygens (including phenoxy) is 2. The molecule has 0 aromatic carbocycles. The normalized spacial score (nSPS) is 26.2. The molecule has 0 aromatic rings. The van der Waals surface area contributed by atoms with E-state index < -0.39 is 0 Å². The number of likely N-dealkylation sites (tertiary alicyclic amines) is 1. The molecule has 2 rings (SSSR count). The van der Waals surface area contributed by atoms with Gasteiger partial charge in [0.05, 0.1) is 19.3 Å². The molecule has 5 nitrogen and oxygen atoms in total. The molecule has 0 saturated carbocycles. The Morgan fingerprint density at radius 3 is 2.95 bits per heavy atom. The second kappa shape index (κ2) is 7.27. The lowest BCUT2D eigenvalue weighted by Gasteiger charge is -2.23. The molecule has 1 unspecified atom stereocenters. The quantitative estimate of drug-likeness (QED) is 0.472. The molecule has 2 fully saturated rings. The van der Waals surface area contributed by atoms with E-state index >= 15 is 0 Å². The third-order valence-electron chi connectivity index (χ3n) is 4.05. The Morgan fingerprint density at radius 1 is 1.50 bits per heavy atom. The predicted molar refractivity (Wildman–Crippen MR) is 81.1 cm³/mol. The van der Waals surface area contributed by atoms with E-state index in [0.717, 1.165) is 45.2 Å². The summed E-state index contributed by atoms with van der Waals surface area (Å²) in [4.78, 5) is 6.70. The van der Waals surface area contributed by atoms with Crippen LogP contribution in [0.2, 0.25) is 0 Å². The summed E-state index contributed by atoms with van der Waals surface area (Å²) in [6.07, 6.45) is 3.85. The Bertz CT molecular complexity index is 325. The maximum atomic E-state index is 5.66. The van der Waals surface area contributed by atoms with Crippen LogP contribution in [-0.4, -0.2) is 63.5 Å². The van der Waals surface area contributed by atoms with Gasteiger partial charge in [-0.2, -0.15) is 0 Å². The zero-order valence-electron chi connectivity index (χ0n) is 13.2. The van der Waals surface area contributed by atoms with Gasteiger partial charge in [-0.3, -0.25) is 4.99 Å². The summed E-state index contributed by atoms with van der Waals surface area (Å²) in [5, 5.41) is 3.38. The molecule has 2 aliphatic heterocycles. The first-order valence-electron chi connectivity index (χ1n) is 7.76. The first-order valence-corrected chi connectivity index (χ1v) is 7.76. The second-order valence-electron chi connectivity index (χ2n) is 6.52. The zero-order chi connectivity index (χ0) is 14.4. The molecule has 2 heterocycles. The lowest BCUT2D eigenvalue weighted by Crippen LogP contribution is -2.42. The molecule has 1 N–H and O–H groups in total. The van der Waals surface area contributed by atoms with Gasteiger partial charge in [0, 0.05) is 33.3 Å². The van der Waals surface area contributed by atoms with Crippen molar-refractivity contribution in [1.82, 2.24) is 10.2 Å². The minimum Gasteiger partial charge on any atom is -0.377 e. The van der Waals surface area contributed by atoms with Crippen LogP contribution in [0.15, 0.2) is 4.99 Å². The molecule has 20 heavy (non-hydrogen) atoms. The summed E-state index contributed by atoms with van der Waals surface area (Å²) in [7, 11) is 1.85. The van der Waals surface area contributed by atoms with E-state index in [2.05, 4.69) is 29.1 Å². The molecule has 1 atom stereocenters. The van der Waals surface area contributed by atoms with Gasteiger partial charge in [0.2, 0.25) is 0 Å². The minimum atomic E-state index is 0.314.